The second-order valence-corrected chi connectivity index (χ2v) is 14.7. The zero-order valence-electron chi connectivity index (χ0n) is 17.2. The number of ketones is 1. The lowest BCUT2D eigenvalue weighted by Gasteiger charge is -2.46. The van der Waals surface area contributed by atoms with Crippen molar-refractivity contribution in [2.75, 3.05) is 0 Å². The Hall–Kier alpha value is -1.91. The molecule has 0 amide bonds. The Morgan fingerprint density at radius 2 is 1.55 bits per heavy atom. The number of furan rings is 1. The average Bonchev–Trinajstić information content (AvgIpc) is 3.11. The summed E-state index contributed by atoms with van der Waals surface area (Å²) in [7, 11) is -2.19. The van der Waals surface area contributed by atoms with E-state index in [9.17, 15) is 4.79 Å². The predicted octanol–water partition coefficient (Wildman–Crippen LogP) is 6.17. The second kappa shape index (κ2) is 7.73. The van der Waals surface area contributed by atoms with E-state index in [2.05, 4.69) is 97.4 Å². The summed E-state index contributed by atoms with van der Waals surface area (Å²) >= 11 is 3.45. The monoisotopic (exact) mass is 466 g/mol. The number of halogens is 1. The van der Waals surface area contributed by atoms with Crippen molar-refractivity contribution in [1.29, 1.82) is 0 Å². The molecule has 0 radical (unpaired) electrons. The first-order valence-corrected chi connectivity index (χ1v) is 13.3. The molecule has 150 valence electrons. The summed E-state index contributed by atoms with van der Waals surface area (Å²) in [6.45, 7) is 7.16. The van der Waals surface area contributed by atoms with Crippen molar-refractivity contribution in [3.05, 3.63) is 82.7 Å². The van der Waals surface area contributed by atoms with E-state index < -0.39 is 8.07 Å². The van der Waals surface area contributed by atoms with Crippen LogP contribution < -0.4 is 10.4 Å². The van der Waals surface area contributed by atoms with Crippen LogP contribution in [0.4, 0.5) is 0 Å². The fraction of sp³-hybridized carbons (Fsp3) is 0.320. The summed E-state index contributed by atoms with van der Waals surface area (Å²) in [6, 6.07) is 25.2. The molecule has 1 aliphatic carbocycles. The molecule has 0 fully saturated rings. The van der Waals surface area contributed by atoms with Gasteiger partial charge < -0.3 is 4.42 Å². The molecule has 1 heterocycles. The van der Waals surface area contributed by atoms with Crippen molar-refractivity contribution in [3.63, 3.8) is 0 Å². The number of rotatable bonds is 4. The molecule has 1 unspecified atom stereocenters. The summed E-state index contributed by atoms with van der Waals surface area (Å²) in [5.74, 6) is 1.01. The van der Waals surface area contributed by atoms with E-state index in [0.717, 1.165) is 18.0 Å². The fourth-order valence-electron chi connectivity index (χ4n) is 5.07. The van der Waals surface area contributed by atoms with Crippen molar-refractivity contribution < 1.29 is 9.21 Å². The minimum absolute atomic E-state index is 0.109. The molecule has 1 aromatic heterocycles. The molecule has 2 nitrogen and oxygen atoms in total. The van der Waals surface area contributed by atoms with Gasteiger partial charge in [-0.1, -0.05) is 91.8 Å². The molecule has 4 heteroatoms. The van der Waals surface area contributed by atoms with Crippen LogP contribution in [0.2, 0.25) is 11.1 Å². The molecule has 1 atom stereocenters. The fourth-order valence-corrected chi connectivity index (χ4v) is 11.3. The molecule has 0 bridgehead atoms. The van der Waals surface area contributed by atoms with Crippen LogP contribution in [-0.2, 0) is 0 Å². The predicted molar refractivity (Wildman–Crippen MR) is 125 cm³/mol. The van der Waals surface area contributed by atoms with Crippen molar-refractivity contribution in [3.8, 4) is 0 Å². The van der Waals surface area contributed by atoms with Crippen LogP contribution in [0.15, 0.2) is 75.8 Å². The molecular weight excluding hydrogens is 440 g/mol. The van der Waals surface area contributed by atoms with E-state index in [1.807, 2.05) is 6.07 Å². The van der Waals surface area contributed by atoms with Crippen molar-refractivity contribution in [1.82, 2.24) is 0 Å². The SMILES string of the molecule is CC(C)(C)[Si](CC1CCC(=O)c2oc(Br)cc21)(c1ccccc1)c1ccccc1. The highest BCUT2D eigenvalue weighted by atomic mass is 79.9. The Morgan fingerprint density at radius 3 is 2.07 bits per heavy atom. The van der Waals surface area contributed by atoms with Gasteiger partial charge in [0.15, 0.2) is 16.2 Å². The summed E-state index contributed by atoms with van der Waals surface area (Å²) in [6.07, 6.45) is 1.46. The maximum atomic E-state index is 12.4. The van der Waals surface area contributed by atoms with Gasteiger partial charge in [0, 0.05) is 12.0 Å². The number of fused-ring (bicyclic) bond motifs is 1. The quantitative estimate of drug-likeness (QED) is 0.430. The Morgan fingerprint density at radius 1 is 1.00 bits per heavy atom. The van der Waals surface area contributed by atoms with Crippen LogP contribution in [0.1, 0.15) is 55.6 Å². The van der Waals surface area contributed by atoms with E-state index >= 15 is 0 Å². The zero-order chi connectivity index (χ0) is 20.6. The lowest BCUT2D eigenvalue weighted by Crippen LogP contribution is -2.64. The molecule has 4 rings (SSSR count). The molecule has 0 saturated heterocycles. The van der Waals surface area contributed by atoms with Gasteiger partial charge in [0.05, 0.1) is 0 Å². The van der Waals surface area contributed by atoms with Crippen molar-refractivity contribution in [2.24, 2.45) is 0 Å². The van der Waals surface area contributed by atoms with Crippen LogP contribution in [0.3, 0.4) is 0 Å². The van der Waals surface area contributed by atoms with E-state index in [4.69, 9.17) is 4.42 Å². The molecule has 0 spiro atoms. The number of hydrogen-bond donors (Lipinski definition) is 0. The van der Waals surface area contributed by atoms with Gasteiger partial charge in [-0.15, -0.1) is 0 Å². The van der Waals surface area contributed by atoms with Crippen LogP contribution in [0.5, 0.6) is 0 Å². The summed E-state index contributed by atoms with van der Waals surface area (Å²) < 4.78 is 6.40. The first-order chi connectivity index (χ1) is 13.8. The van der Waals surface area contributed by atoms with E-state index in [0.29, 0.717) is 22.8 Å². The first kappa shape index (κ1) is 20.4. The molecule has 3 aromatic rings. The van der Waals surface area contributed by atoms with Crippen LogP contribution in [-0.4, -0.2) is 13.9 Å². The van der Waals surface area contributed by atoms with Crippen molar-refractivity contribution >= 4 is 40.2 Å². The third kappa shape index (κ3) is 3.57. The minimum atomic E-state index is -2.19. The zero-order valence-corrected chi connectivity index (χ0v) is 19.8. The first-order valence-electron chi connectivity index (χ1n) is 10.3. The highest BCUT2D eigenvalue weighted by Gasteiger charge is 2.49. The van der Waals surface area contributed by atoms with Gasteiger partial charge >= 0.3 is 0 Å². The summed E-state index contributed by atoms with van der Waals surface area (Å²) in [5.41, 5.74) is 1.08. The Bertz CT molecular complexity index is 963. The second-order valence-electron chi connectivity index (χ2n) is 9.09. The molecule has 29 heavy (non-hydrogen) atoms. The number of carbonyl (C=O) groups excluding carboxylic acids is 1. The maximum Gasteiger partial charge on any atom is 0.198 e. The summed E-state index contributed by atoms with van der Waals surface area (Å²) in [4.78, 5) is 12.4. The van der Waals surface area contributed by atoms with E-state index in [1.54, 1.807) is 0 Å². The van der Waals surface area contributed by atoms with E-state index in [1.165, 1.54) is 10.4 Å². The smallest absolute Gasteiger partial charge is 0.198 e. The molecule has 2 aromatic carbocycles. The van der Waals surface area contributed by atoms with Gasteiger partial charge in [-0.05, 0) is 45.4 Å². The van der Waals surface area contributed by atoms with Crippen LogP contribution in [0, 0.1) is 0 Å². The number of carbonyl (C=O) groups is 1. The molecular formula is C25H27BrO2Si. The number of Topliss-reactive ketones (excluding diaryl/α,β-unsaturated/α-hetero) is 1. The molecule has 0 N–H and O–H groups in total. The normalized spacial score (nSPS) is 17.2. The lowest BCUT2D eigenvalue weighted by molar-refractivity contribution is 0.0937. The average molecular weight is 467 g/mol. The Labute approximate surface area is 182 Å². The van der Waals surface area contributed by atoms with Crippen LogP contribution >= 0.6 is 15.9 Å². The number of hydrogen-bond acceptors (Lipinski definition) is 2. The van der Waals surface area contributed by atoms with Crippen LogP contribution in [0.25, 0.3) is 0 Å². The standard InChI is InChI=1S/C25H27BrO2Si/c1-25(2,3)29(19-10-6-4-7-11-19,20-12-8-5-9-13-20)17-18-14-15-22(27)24-21(18)16-23(26)28-24/h4-13,16,18H,14-15,17H2,1-3H3. The third-order valence-corrected chi connectivity index (χ3v) is 13.2. The topological polar surface area (TPSA) is 30.2 Å². The van der Waals surface area contributed by atoms with E-state index in [-0.39, 0.29) is 10.8 Å². The maximum absolute atomic E-state index is 12.4. The highest BCUT2D eigenvalue weighted by Crippen LogP contribution is 2.46. The van der Waals surface area contributed by atoms with Gasteiger partial charge in [-0.25, -0.2) is 0 Å². The van der Waals surface area contributed by atoms with Gasteiger partial charge in [-0.3, -0.25) is 4.79 Å². The summed E-state index contributed by atoms with van der Waals surface area (Å²) in [5, 5.41) is 3.03. The highest BCUT2D eigenvalue weighted by molar-refractivity contribution is 9.10. The lowest BCUT2D eigenvalue weighted by atomic mass is 9.88. The molecule has 0 aliphatic heterocycles. The van der Waals surface area contributed by atoms with Gasteiger partial charge in [0.1, 0.15) is 8.07 Å². The molecule has 0 saturated carbocycles. The minimum Gasteiger partial charge on any atom is -0.446 e. The van der Waals surface area contributed by atoms with Gasteiger partial charge in [-0.2, -0.15) is 0 Å². The third-order valence-electron chi connectivity index (χ3n) is 6.51. The molecule has 1 aliphatic rings. The Balaban J connectivity index is 1.90. The largest absolute Gasteiger partial charge is 0.446 e. The van der Waals surface area contributed by atoms with Gasteiger partial charge in [0.25, 0.3) is 0 Å². The van der Waals surface area contributed by atoms with Gasteiger partial charge in [0.2, 0.25) is 0 Å². The Kier molecular flexibility index (Phi) is 5.43. The number of benzene rings is 2. The van der Waals surface area contributed by atoms with Crippen molar-refractivity contribution in [2.45, 2.75) is 50.6 Å².